The molecule has 0 saturated carbocycles. The van der Waals surface area contributed by atoms with E-state index in [1.54, 1.807) is 6.07 Å². The molecule has 0 unspecified atom stereocenters. The minimum atomic E-state index is -0.712. The Bertz CT molecular complexity index is 518. The van der Waals surface area contributed by atoms with Gasteiger partial charge in [-0.15, -0.1) is 0 Å². The predicted molar refractivity (Wildman–Crippen MR) is 83.8 cm³/mol. The van der Waals surface area contributed by atoms with Gasteiger partial charge >= 0.3 is 5.97 Å². The van der Waals surface area contributed by atoms with E-state index in [1.165, 1.54) is 12.1 Å². The topological polar surface area (TPSA) is 55.4 Å². The highest BCUT2D eigenvalue weighted by Crippen LogP contribution is 2.21. The number of ether oxygens (including phenoxy) is 1. The van der Waals surface area contributed by atoms with Crippen molar-refractivity contribution in [1.29, 1.82) is 0 Å². The zero-order chi connectivity index (χ0) is 16.0. The fraction of sp³-hybridized carbons (Fsp3) is 0.467. The predicted octanol–water partition coefficient (Wildman–Crippen LogP) is 3.70. The smallest absolute Gasteiger partial charge is 0.328 e. The Balaban J connectivity index is 2.83. The lowest BCUT2D eigenvalue weighted by atomic mass is 10.0. The van der Waals surface area contributed by atoms with Gasteiger partial charge in [-0.05, 0) is 30.5 Å². The van der Waals surface area contributed by atoms with E-state index in [9.17, 15) is 9.59 Å². The normalized spacial score (nSPS) is 12.1. The van der Waals surface area contributed by atoms with Crippen molar-refractivity contribution in [3.05, 3.63) is 33.8 Å². The summed E-state index contributed by atoms with van der Waals surface area (Å²) in [6.45, 7) is 5.91. The van der Waals surface area contributed by atoms with E-state index in [-0.39, 0.29) is 16.5 Å². The summed E-state index contributed by atoms with van der Waals surface area (Å²) in [7, 11) is 0. The molecular formula is C15H19Cl2NO3. The van der Waals surface area contributed by atoms with Crippen LogP contribution in [0.4, 0.5) is 0 Å². The van der Waals surface area contributed by atoms with Crippen LogP contribution in [0.15, 0.2) is 18.2 Å². The largest absolute Gasteiger partial charge is 0.464 e. The van der Waals surface area contributed by atoms with Gasteiger partial charge in [0.05, 0.1) is 17.2 Å². The van der Waals surface area contributed by atoms with Gasteiger partial charge in [0.15, 0.2) is 0 Å². The zero-order valence-corrected chi connectivity index (χ0v) is 13.8. The van der Waals surface area contributed by atoms with Gasteiger partial charge in [-0.1, -0.05) is 44.0 Å². The van der Waals surface area contributed by atoms with E-state index in [0.717, 1.165) is 6.42 Å². The fourth-order valence-electron chi connectivity index (χ4n) is 1.68. The van der Waals surface area contributed by atoms with Crippen LogP contribution in [-0.4, -0.2) is 24.5 Å². The first-order valence-corrected chi connectivity index (χ1v) is 7.55. The molecule has 21 heavy (non-hydrogen) atoms. The van der Waals surface area contributed by atoms with Crippen molar-refractivity contribution in [3.8, 4) is 0 Å². The summed E-state index contributed by atoms with van der Waals surface area (Å²) in [5, 5.41) is 3.34. The summed E-state index contributed by atoms with van der Waals surface area (Å²) in [5.74, 6) is -0.960. The molecule has 1 amide bonds. The molecule has 0 aliphatic carbocycles. The van der Waals surface area contributed by atoms with Crippen LogP contribution in [0.3, 0.4) is 0 Å². The first-order valence-electron chi connectivity index (χ1n) is 6.79. The van der Waals surface area contributed by atoms with Gasteiger partial charge in [0.2, 0.25) is 0 Å². The zero-order valence-electron chi connectivity index (χ0n) is 12.3. The van der Waals surface area contributed by atoms with E-state index in [2.05, 4.69) is 5.32 Å². The second kappa shape index (κ2) is 8.25. The van der Waals surface area contributed by atoms with Crippen molar-refractivity contribution in [2.75, 3.05) is 6.61 Å². The quantitative estimate of drug-likeness (QED) is 0.808. The second-order valence-electron chi connectivity index (χ2n) is 4.99. The first-order chi connectivity index (χ1) is 9.86. The van der Waals surface area contributed by atoms with Crippen LogP contribution in [0.2, 0.25) is 10.0 Å². The monoisotopic (exact) mass is 331 g/mol. The van der Waals surface area contributed by atoms with Crippen LogP contribution in [0, 0.1) is 5.92 Å². The SMILES string of the molecule is CCCOC(=O)[C@H](NC(=O)c1ccc(Cl)cc1Cl)C(C)C. The molecule has 0 spiro atoms. The third-order valence-corrected chi connectivity index (χ3v) is 3.38. The molecule has 0 radical (unpaired) electrons. The summed E-state index contributed by atoms with van der Waals surface area (Å²) in [5.41, 5.74) is 0.273. The van der Waals surface area contributed by atoms with E-state index in [0.29, 0.717) is 11.6 Å². The number of esters is 1. The molecule has 0 bridgehead atoms. The molecule has 1 N–H and O–H groups in total. The highest BCUT2D eigenvalue weighted by molar-refractivity contribution is 6.36. The number of nitrogens with one attached hydrogen (secondary N) is 1. The molecule has 1 aromatic rings. The van der Waals surface area contributed by atoms with Crippen molar-refractivity contribution in [3.63, 3.8) is 0 Å². The van der Waals surface area contributed by atoms with Crippen LogP contribution in [-0.2, 0) is 9.53 Å². The van der Waals surface area contributed by atoms with Crippen molar-refractivity contribution in [1.82, 2.24) is 5.32 Å². The number of carbonyl (C=O) groups excluding carboxylic acids is 2. The summed E-state index contributed by atoms with van der Waals surface area (Å²) < 4.78 is 5.09. The Labute approximate surface area is 134 Å². The Kier molecular flexibility index (Phi) is 6.99. The summed E-state index contributed by atoms with van der Waals surface area (Å²) in [6.07, 6.45) is 0.730. The molecule has 4 nitrogen and oxygen atoms in total. The van der Waals surface area contributed by atoms with Gasteiger partial charge in [0.1, 0.15) is 6.04 Å². The number of carbonyl (C=O) groups is 2. The van der Waals surface area contributed by atoms with Crippen LogP contribution in [0.1, 0.15) is 37.6 Å². The molecule has 1 aromatic carbocycles. The molecule has 1 atom stereocenters. The minimum absolute atomic E-state index is 0.0932. The lowest BCUT2D eigenvalue weighted by Crippen LogP contribution is -2.45. The molecule has 0 aliphatic rings. The third-order valence-electron chi connectivity index (χ3n) is 2.83. The Morgan fingerprint density at radius 3 is 2.48 bits per heavy atom. The summed E-state index contributed by atoms with van der Waals surface area (Å²) in [4.78, 5) is 24.2. The van der Waals surface area contributed by atoms with Crippen LogP contribution in [0.25, 0.3) is 0 Å². The van der Waals surface area contributed by atoms with E-state index in [4.69, 9.17) is 27.9 Å². The number of amides is 1. The van der Waals surface area contributed by atoms with Gasteiger partial charge in [-0.25, -0.2) is 4.79 Å². The van der Waals surface area contributed by atoms with Gasteiger partial charge in [0, 0.05) is 5.02 Å². The van der Waals surface area contributed by atoms with Crippen molar-refractivity contribution < 1.29 is 14.3 Å². The van der Waals surface area contributed by atoms with Crippen molar-refractivity contribution in [2.45, 2.75) is 33.2 Å². The van der Waals surface area contributed by atoms with E-state index in [1.807, 2.05) is 20.8 Å². The molecule has 6 heteroatoms. The Hall–Kier alpha value is -1.26. The average molecular weight is 332 g/mol. The third kappa shape index (κ3) is 5.21. The van der Waals surface area contributed by atoms with E-state index < -0.39 is 17.9 Å². The van der Waals surface area contributed by atoms with Gasteiger partial charge in [0.25, 0.3) is 5.91 Å². The fourth-order valence-corrected chi connectivity index (χ4v) is 2.18. The Morgan fingerprint density at radius 1 is 1.29 bits per heavy atom. The van der Waals surface area contributed by atoms with Crippen LogP contribution >= 0.6 is 23.2 Å². The molecule has 0 fully saturated rings. The average Bonchev–Trinajstić information content (AvgIpc) is 2.41. The van der Waals surface area contributed by atoms with Gasteiger partial charge in [-0.2, -0.15) is 0 Å². The molecular weight excluding hydrogens is 313 g/mol. The van der Waals surface area contributed by atoms with Crippen molar-refractivity contribution >= 4 is 35.1 Å². The maximum atomic E-state index is 12.2. The lowest BCUT2D eigenvalue weighted by molar-refractivity contribution is -0.147. The number of rotatable bonds is 6. The van der Waals surface area contributed by atoms with Crippen LogP contribution in [0.5, 0.6) is 0 Å². The molecule has 0 heterocycles. The number of halogens is 2. The molecule has 0 aliphatic heterocycles. The van der Waals surface area contributed by atoms with Gasteiger partial charge < -0.3 is 10.1 Å². The summed E-state index contributed by atoms with van der Waals surface area (Å²) in [6, 6.07) is 3.87. The first kappa shape index (κ1) is 17.8. The minimum Gasteiger partial charge on any atom is -0.464 e. The number of hydrogen-bond donors (Lipinski definition) is 1. The number of benzene rings is 1. The maximum absolute atomic E-state index is 12.2. The molecule has 0 aromatic heterocycles. The Morgan fingerprint density at radius 2 is 1.95 bits per heavy atom. The second-order valence-corrected chi connectivity index (χ2v) is 5.83. The highest BCUT2D eigenvalue weighted by atomic mass is 35.5. The molecule has 116 valence electrons. The standard InChI is InChI=1S/C15H19Cl2NO3/c1-4-7-21-15(20)13(9(2)3)18-14(19)11-6-5-10(16)8-12(11)17/h5-6,8-9,13H,4,7H2,1-3H3,(H,18,19)/t13-/m1/s1. The number of hydrogen-bond acceptors (Lipinski definition) is 3. The van der Waals surface area contributed by atoms with Crippen LogP contribution < -0.4 is 5.32 Å². The summed E-state index contributed by atoms with van der Waals surface area (Å²) >= 11 is 11.8. The molecule has 0 saturated heterocycles. The lowest BCUT2D eigenvalue weighted by Gasteiger charge is -2.21. The van der Waals surface area contributed by atoms with E-state index >= 15 is 0 Å². The van der Waals surface area contributed by atoms with Crippen molar-refractivity contribution in [2.24, 2.45) is 5.92 Å². The maximum Gasteiger partial charge on any atom is 0.328 e. The molecule has 1 rings (SSSR count). The highest BCUT2D eigenvalue weighted by Gasteiger charge is 2.26. The van der Waals surface area contributed by atoms with Gasteiger partial charge in [-0.3, -0.25) is 4.79 Å².